The SMILES string of the molecule is CN(OCF)C(=O)N=C(N)N. The van der Waals surface area contributed by atoms with Crippen molar-refractivity contribution in [3.05, 3.63) is 0 Å². The highest BCUT2D eigenvalue weighted by atomic mass is 19.1. The third kappa shape index (κ3) is 4.09. The molecule has 7 heteroatoms. The van der Waals surface area contributed by atoms with E-state index in [-0.39, 0.29) is 0 Å². The Labute approximate surface area is 62.6 Å². The number of hydrogen-bond donors (Lipinski definition) is 2. The number of nitrogens with zero attached hydrogens (tertiary/aromatic N) is 2. The molecule has 11 heavy (non-hydrogen) atoms. The largest absolute Gasteiger partial charge is 0.370 e. The number of halogens is 1. The molecule has 6 nitrogen and oxygen atoms in total. The molecule has 0 fully saturated rings. The van der Waals surface area contributed by atoms with E-state index in [1.54, 1.807) is 0 Å². The fourth-order valence-corrected chi connectivity index (χ4v) is 0.309. The van der Waals surface area contributed by atoms with Gasteiger partial charge in [-0.1, -0.05) is 0 Å². The minimum absolute atomic E-state index is 0.399. The summed E-state index contributed by atoms with van der Waals surface area (Å²) in [6.45, 7) is -1.11. The summed E-state index contributed by atoms with van der Waals surface area (Å²) in [5.41, 5.74) is 9.72. The number of aliphatic imine (C=N–C) groups is 1. The first-order chi connectivity index (χ1) is 5.07. The summed E-state index contributed by atoms with van der Waals surface area (Å²) in [4.78, 5) is 17.8. The predicted molar refractivity (Wildman–Crippen MR) is 36.0 cm³/mol. The summed E-state index contributed by atoms with van der Waals surface area (Å²) >= 11 is 0. The first-order valence-electron chi connectivity index (χ1n) is 2.64. The van der Waals surface area contributed by atoms with E-state index in [1.165, 1.54) is 7.05 Å². The Morgan fingerprint density at radius 2 is 2.27 bits per heavy atom. The van der Waals surface area contributed by atoms with E-state index >= 15 is 0 Å². The van der Waals surface area contributed by atoms with Crippen molar-refractivity contribution in [2.45, 2.75) is 0 Å². The van der Waals surface area contributed by atoms with Crippen molar-refractivity contribution in [1.82, 2.24) is 5.06 Å². The van der Waals surface area contributed by atoms with Crippen molar-refractivity contribution < 1.29 is 14.0 Å². The Kier molecular flexibility index (Phi) is 3.89. The number of urea groups is 1. The summed E-state index contributed by atoms with van der Waals surface area (Å²) in [6.07, 6.45) is 0. The number of hydrogen-bond acceptors (Lipinski definition) is 2. The number of guanidine groups is 1. The van der Waals surface area contributed by atoms with Gasteiger partial charge in [-0.15, -0.1) is 0 Å². The summed E-state index contributed by atoms with van der Waals surface area (Å²) in [5.74, 6) is -0.399. The fourth-order valence-electron chi connectivity index (χ4n) is 0.309. The monoisotopic (exact) mass is 164 g/mol. The summed E-state index contributed by atoms with van der Waals surface area (Å²) in [5, 5.41) is 0.583. The third-order valence-electron chi connectivity index (χ3n) is 0.737. The maximum Gasteiger partial charge on any atom is 0.370 e. The summed E-state index contributed by atoms with van der Waals surface area (Å²) < 4.78 is 11.4. The van der Waals surface area contributed by atoms with Gasteiger partial charge in [0.1, 0.15) is 0 Å². The topological polar surface area (TPSA) is 93.9 Å². The molecule has 0 aliphatic carbocycles. The number of carbonyl (C=O) groups excluding carboxylic acids is 1. The Morgan fingerprint density at radius 1 is 1.73 bits per heavy atom. The Hall–Kier alpha value is -1.37. The van der Waals surface area contributed by atoms with Crippen LogP contribution in [0, 0.1) is 0 Å². The summed E-state index contributed by atoms with van der Waals surface area (Å²) in [6, 6.07) is -0.859. The van der Waals surface area contributed by atoms with Crippen LogP contribution in [0.1, 0.15) is 0 Å². The van der Waals surface area contributed by atoms with E-state index in [0.29, 0.717) is 5.06 Å². The molecule has 2 amide bonds. The Bertz CT molecular complexity index is 167. The van der Waals surface area contributed by atoms with Crippen molar-refractivity contribution in [2.75, 3.05) is 13.9 Å². The van der Waals surface area contributed by atoms with Gasteiger partial charge in [0.05, 0.1) is 0 Å². The fraction of sp³-hybridized carbons (Fsp3) is 0.500. The van der Waals surface area contributed by atoms with Crippen LogP contribution in [0.15, 0.2) is 4.99 Å². The third-order valence-corrected chi connectivity index (χ3v) is 0.737. The van der Waals surface area contributed by atoms with Gasteiger partial charge >= 0.3 is 6.03 Å². The molecule has 0 spiro atoms. The van der Waals surface area contributed by atoms with E-state index in [0.717, 1.165) is 0 Å². The second kappa shape index (κ2) is 4.45. The van der Waals surface area contributed by atoms with Crippen LogP contribution in [-0.4, -0.2) is 31.0 Å². The van der Waals surface area contributed by atoms with Crippen LogP contribution in [0.5, 0.6) is 0 Å². The lowest BCUT2D eigenvalue weighted by Crippen LogP contribution is -2.30. The quantitative estimate of drug-likeness (QED) is 0.316. The van der Waals surface area contributed by atoms with Crippen LogP contribution >= 0.6 is 0 Å². The van der Waals surface area contributed by atoms with Crippen molar-refractivity contribution in [3.63, 3.8) is 0 Å². The number of rotatable bonds is 2. The minimum Gasteiger partial charge on any atom is -0.370 e. The highest BCUT2D eigenvalue weighted by Gasteiger charge is 2.06. The number of hydroxylamine groups is 2. The maximum absolute atomic E-state index is 11.4. The average molecular weight is 164 g/mol. The number of amides is 2. The normalized spacial score (nSPS) is 8.91. The zero-order valence-electron chi connectivity index (χ0n) is 5.95. The molecule has 0 unspecified atom stereocenters. The molecule has 0 aromatic carbocycles. The second-order valence-corrected chi connectivity index (χ2v) is 1.55. The van der Waals surface area contributed by atoms with Gasteiger partial charge in [-0.3, -0.25) is 0 Å². The molecule has 0 rings (SSSR count). The zero-order valence-corrected chi connectivity index (χ0v) is 5.95. The van der Waals surface area contributed by atoms with Crippen LogP contribution < -0.4 is 11.5 Å². The van der Waals surface area contributed by atoms with Crippen LogP contribution in [0.4, 0.5) is 9.18 Å². The van der Waals surface area contributed by atoms with Crippen molar-refractivity contribution in [2.24, 2.45) is 16.5 Å². The molecular formula is C4H9FN4O2. The van der Waals surface area contributed by atoms with Crippen molar-refractivity contribution >= 4 is 12.0 Å². The first-order valence-corrected chi connectivity index (χ1v) is 2.64. The molecule has 64 valence electrons. The molecule has 0 saturated heterocycles. The molecule has 0 aliphatic rings. The Morgan fingerprint density at radius 3 is 2.64 bits per heavy atom. The molecule has 0 aliphatic heterocycles. The molecule has 0 radical (unpaired) electrons. The Balaban J connectivity index is 3.93. The lowest BCUT2D eigenvalue weighted by Gasteiger charge is -2.09. The molecule has 0 aromatic rings. The first kappa shape index (κ1) is 9.63. The van der Waals surface area contributed by atoms with Crippen LogP contribution in [-0.2, 0) is 4.84 Å². The highest BCUT2D eigenvalue weighted by molar-refractivity contribution is 5.89. The van der Waals surface area contributed by atoms with E-state index in [9.17, 15) is 9.18 Å². The molecule has 0 atom stereocenters. The molecular weight excluding hydrogens is 155 g/mol. The van der Waals surface area contributed by atoms with Crippen molar-refractivity contribution in [1.29, 1.82) is 0 Å². The molecule has 4 N–H and O–H groups in total. The van der Waals surface area contributed by atoms with Gasteiger partial charge in [0, 0.05) is 7.05 Å². The van der Waals surface area contributed by atoms with Gasteiger partial charge in [-0.25, -0.2) is 19.1 Å². The van der Waals surface area contributed by atoms with Crippen molar-refractivity contribution in [3.8, 4) is 0 Å². The van der Waals surface area contributed by atoms with Gasteiger partial charge in [0.2, 0.25) is 6.86 Å². The molecule has 0 saturated carbocycles. The van der Waals surface area contributed by atoms with Crippen LogP contribution in [0.2, 0.25) is 0 Å². The van der Waals surface area contributed by atoms with Gasteiger partial charge < -0.3 is 11.5 Å². The zero-order chi connectivity index (χ0) is 8.85. The molecule has 0 aromatic heterocycles. The molecule has 0 bridgehead atoms. The van der Waals surface area contributed by atoms with E-state index in [2.05, 4.69) is 9.83 Å². The van der Waals surface area contributed by atoms with Gasteiger partial charge in [-0.05, 0) is 0 Å². The highest BCUT2D eigenvalue weighted by Crippen LogP contribution is 1.89. The second-order valence-electron chi connectivity index (χ2n) is 1.55. The lowest BCUT2D eigenvalue weighted by atomic mass is 10.9. The standard InChI is InChI=1S/C4H9FN4O2/c1-9(11-2-5)4(10)8-3(6)7/h2H2,1H3,(H4,6,7,8,10). The van der Waals surface area contributed by atoms with Gasteiger partial charge in [0.25, 0.3) is 0 Å². The smallest absolute Gasteiger partial charge is 0.370 e. The molecule has 0 heterocycles. The minimum atomic E-state index is -1.11. The van der Waals surface area contributed by atoms with Gasteiger partial charge in [-0.2, -0.15) is 4.99 Å². The number of alkyl halides is 1. The van der Waals surface area contributed by atoms with Crippen LogP contribution in [0.3, 0.4) is 0 Å². The van der Waals surface area contributed by atoms with E-state index < -0.39 is 18.9 Å². The summed E-state index contributed by atoms with van der Waals surface area (Å²) in [7, 11) is 1.19. The van der Waals surface area contributed by atoms with E-state index in [4.69, 9.17) is 11.5 Å². The van der Waals surface area contributed by atoms with Gasteiger partial charge in [0.15, 0.2) is 5.96 Å². The number of carbonyl (C=O) groups is 1. The van der Waals surface area contributed by atoms with Crippen LogP contribution in [0.25, 0.3) is 0 Å². The maximum atomic E-state index is 11.4. The van der Waals surface area contributed by atoms with E-state index in [1.807, 2.05) is 0 Å². The lowest BCUT2D eigenvalue weighted by molar-refractivity contribution is -0.131. The average Bonchev–Trinajstić information content (AvgIpc) is 1.86. The number of nitrogens with two attached hydrogens (primary N) is 2. The predicted octanol–water partition coefficient (Wildman–Crippen LogP) is -0.830.